The maximum atomic E-state index is 13.0. The van der Waals surface area contributed by atoms with Crippen molar-refractivity contribution in [3.8, 4) is 17.2 Å². The summed E-state index contributed by atoms with van der Waals surface area (Å²) in [5, 5.41) is 0. The molecule has 0 heterocycles. The molecular weight excluding hydrogens is 584 g/mol. The van der Waals surface area contributed by atoms with Gasteiger partial charge in [-0.1, -0.05) is 83.4 Å². The van der Waals surface area contributed by atoms with Crippen molar-refractivity contribution in [2.24, 2.45) is 0 Å². The molecule has 1 fully saturated rings. The summed E-state index contributed by atoms with van der Waals surface area (Å²) < 4.78 is 17.2. The summed E-state index contributed by atoms with van der Waals surface area (Å²) in [4.78, 5) is 25.4. The quantitative estimate of drug-likeness (QED) is 0.122. The minimum Gasteiger partial charge on any atom is -0.457 e. The first kappa shape index (κ1) is 34.0. The van der Waals surface area contributed by atoms with Gasteiger partial charge in [-0.3, -0.25) is 0 Å². The van der Waals surface area contributed by atoms with Gasteiger partial charge in [-0.05, 0) is 122 Å². The molecule has 0 N–H and O–H groups in total. The highest BCUT2D eigenvalue weighted by Gasteiger charge is 2.36. The molecule has 0 saturated heterocycles. The van der Waals surface area contributed by atoms with Gasteiger partial charge in [0.15, 0.2) is 0 Å². The smallest absolute Gasteiger partial charge is 0.343 e. The largest absolute Gasteiger partial charge is 0.457 e. The Balaban J connectivity index is 1.22. The third-order valence-corrected chi connectivity index (χ3v) is 10.1. The first-order valence-corrected chi connectivity index (χ1v) is 17.0. The van der Waals surface area contributed by atoms with Crippen LogP contribution in [-0.2, 0) is 15.6 Å². The highest BCUT2D eigenvalue weighted by molar-refractivity contribution is 5.91. The van der Waals surface area contributed by atoms with E-state index >= 15 is 0 Å². The van der Waals surface area contributed by atoms with Crippen molar-refractivity contribution in [1.29, 1.82) is 0 Å². The highest BCUT2D eigenvalue weighted by atomic mass is 16.6. The van der Waals surface area contributed by atoms with E-state index in [1.54, 1.807) is 48.5 Å². The Morgan fingerprint density at radius 2 is 1.06 bits per heavy atom. The van der Waals surface area contributed by atoms with Crippen LogP contribution in [0.2, 0.25) is 0 Å². The first-order chi connectivity index (χ1) is 22.4. The minimum atomic E-state index is -0.518. The first-order valence-electron chi connectivity index (χ1n) is 17.0. The van der Waals surface area contributed by atoms with E-state index in [2.05, 4.69) is 57.2 Å². The van der Waals surface area contributed by atoms with Crippen LogP contribution in [0.25, 0.3) is 0 Å². The maximum Gasteiger partial charge on any atom is 0.343 e. The molecule has 246 valence electrons. The fraction of sp³-hybridized carbons (Fsp3) is 0.381. The molecule has 1 aliphatic rings. The van der Waals surface area contributed by atoms with Crippen LogP contribution < -0.4 is 9.47 Å². The Labute approximate surface area is 280 Å². The Kier molecular flexibility index (Phi) is 10.2. The van der Waals surface area contributed by atoms with E-state index in [-0.39, 0.29) is 16.8 Å². The molecule has 5 heteroatoms. The number of benzene rings is 4. The van der Waals surface area contributed by atoms with Crippen LogP contribution in [0.15, 0.2) is 97.1 Å². The number of rotatable bonds is 11. The average molecular weight is 633 g/mol. The van der Waals surface area contributed by atoms with Crippen LogP contribution >= 0.6 is 0 Å². The number of ether oxygens (including phenoxy) is 3. The SMILES string of the molecule is CCC(C)(C)OC(=O)c1ccc(Oc2ccc(C(=O)Oc3ccc(C4(c5ccc(C(C)(C)CC)cc5)CCCCC4)cc3)cc2)cc1. The summed E-state index contributed by atoms with van der Waals surface area (Å²) in [5.74, 6) is 0.867. The van der Waals surface area contributed by atoms with Crippen LogP contribution in [-0.4, -0.2) is 17.5 Å². The second kappa shape index (κ2) is 14.2. The van der Waals surface area contributed by atoms with Gasteiger partial charge in [0.1, 0.15) is 22.8 Å². The number of hydrogen-bond acceptors (Lipinski definition) is 5. The second-order valence-electron chi connectivity index (χ2n) is 14.0. The van der Waals surface area contributed by atoms with Crippen LogP contribution in [0.5, 0.6) is 17.2 Å². The molecule has 4 aromatic rings. The molecule has 5 rings (SSSR count). The van der Waals surface area contributed by atoms with E-state index in [0.29, 0.717) is 28.4 Å². The number of carbonyl (C=O) groups is 2. The maximum absolute atomic E-state index is 13.0. The van der Waals surface area contributed by atoms with Gasteiger partial charge in [-0.25, -0.2) is 9.59 Å². The molecule has 0 aliphatic heterocycles. The third-order valence-electron chi connectivity index (χ3n) is 10.1. The van der Waals surface area contributed by atoms with Gasteiger partial charge in [-0.2, -0.15) is 0 Å². The Bertz CT molecular complexity index is 1640. The lowest BCUT2D eigenvalue weighted by molar-refractivity contribution is -0.00245. The second-order valence-corrected chi connectivity index (χ2v) is 14.0. The third kappa shape index (κ3) is 7.96. The van der Waals surface area contributed by atoms with Crippen molar-refractivity contribution >= 4 is 11.9 Å². The van der Waals surface area contributed by atoms with E-state index in [1.807, 2.05) is 32.9 Å². The van der Waals surface area contributed by atoms with Gasteiger partial charge in [0.2, 0.25) is 0 Å². The lowest BCUT2D eigenvalue weighted by atomic mass is 9.65. The van der Waals surface area contributed by atoms with Crippen LogP contribution in [0.4, 0.5) is 0 Å². The summed E-state index contributed by atoms with van der Waals surface area (Å²) in [5.41, 5.74) is 4.52. The summed E-state index contributed by atoms with van der Waals surface area (Å²) in [6.07, 6.45) is 7.73. The lowest BCUT2D eigenvalue weighted by Crippen LogP contribution is -2.30. The molecule has 0 bridgehead atoms. The number of esters is 2. The van der Waals surface area contributed by atoms with E-state index in [4.69, 9.17) is 14.2 Å². The highest BCUT2D eigenvalue weighted by Crippen LogP contribution is 2.45. The molecule has 0 spiro atoms. The molecule has 1 aliphatic carbocycles. The molecule has 0 unspecified atom stereocenters. The van der Waals surface area contributed by atoms with E-state index in [0.717, 1.165) is 25.7 Å². The number of hydrogen-bond donors (Lipinski definition) is 0. The molecule has 47 heavy (non-hydrogen) atoms. The molecule has 0 amide bonds. The summed E-state index contributed by atoms with van der Waals surface area (Å²) in [6.45, 7) is 12.6. The lowest BCUT2D eigenvalue weighted by Gasteiger charge is -2.39. The zero-order valence-corrected chi connectivity index (χ0v) is 28.7. The van der Waals surface area contributed by atoms with Crippen LogP contribution in [0, 0.1) is 0 Å². The molecule has 1 saturated carbocycles. The molecule has 0 atom stereocenters. The van der Waals surface area contributed by atoms with E-state index in [1.165, 1.54) is 36.0 Å². The normalized spacial score (nSPS) is 14.7. The standard InChI is InChI=1S/C42H48O5/c1-7-40(3,4)32-16-18-33(19-17-32)42(28-10-9-11-29-42)34-20-26-37(27-21-34)46-38(43)30-12-22-35(23-13-30)45-36-24-14-31(15-25-36)39(44)47-41(5,6)8-2/h12-27H,7-11,28-29H2,1-6H3. The predicted octanol–water partition coefficient (Wildman–Crippen LogP) is 11.0. The van der Waals surface area contributed by atoms with Gasteiger partial charge in [0, 0.05) is 5.41 Å². The van der Waals surface area contributed by atoms with Crippen LogP contribution in [0.1, 0.15) is 124 Å². The molecule has 0 radical (unpaired) electrons. The van der Waals surface area contributed by atoms with E-state index in [9.17, 15) is 9.59 Å². The zero-order chi connectivity index (χ0) is 33.7. The number of carbonyl (C=O) groups excluding carboxylic acids is 2. The molecule has 4 aromatic carbocycles. The van der Waals surface area contributed by atoms with Crippen molar-refractivity contribution in [1.82, 2.24) is 0 Å². The fourth-order valence-electron chi connectivity index (χ4n) is 6.19. The molecular formula is C42H48O5. The van der Waals surface area contributed by atoms with Gasteiger partial charge < -0.3 is 14.2 Å². The molecule has 5 nitrogen and oxygen atoms in total. The van der Waals surface area contributed by atoms with Gasteiger partial charge in [0.05, 0.1) is 11.1 Å². The minimum absolute atomic E-state index is 0.0267. The monoisotopic (exact) mass is 632 g/mol. The zero-order valence-electron chi connectivity index (χ0n) is 28.7. The van der Waals surface area contributed by atoms with Gasteiger partial charge >= 0.3 is 11.9 Å². The van der Waals surface area contributed by atoms with Crippen molar-refractivity contribution in [3.63, 3.8) is 0 Å². The van der Waals surface area contributed by atoms with Gasteiger partial charge in [0.25, 0.3) is 0 Å². The van der Waals surface area contributed by atoms with Crippen molar-refractivity contribution in [3.05, 3.63) is 125 Å². The summed E-state index contributed by atoms with van der Waals surface area (Å²) in [6, 6.07) is 31.0. The Morgan fingerprint density at radius 3 is 1.55 bits per heavy atom. The summed E-state index contributed by atoms with van der Waals surface area (Å²) in [7, 11) is 0. The van der Waals surface area contributed by atoms with Crippen molar-refractivity contribution in [2.45, 2.75) is 103 Å². The van der Waals surface area contributed by atoms with Crippen molar-refractivity contribution < 1.29 is 23.8 Å². The fourth-order valence-corrected chi connectivity index (χ4v) is 6.19. The van der Waals surface area contributed by atoms with E-state index < -0.39 is 11.6 Å². The Hall–Kier alpha value is -4.38. The average Bonchev–Trinajstić information content (AvgIpc) is 3.09. The van der Waals surface area contributed by atoms with Gasteiger partial charge in [-0.15, -0.1) is 0 Å². The molecule has 0 aromatic heterocycles. The predicted molar refractivity (Wildman–Crippen MR) is 188 cm³/mol. The topological polar surface area (TPSA) is 61.8 Å². The Morgan fingerprint density at radius 1 is 0.596 bits per heavy atom. The summed E-state index contributed by atoms with van der Waals surface area (Å²) >= 11 is 0. The van der Waals surface area contributed by atoms with Crippen molar-refractivity contribution in [2.75, 3.05) is 0 Å². The van der Waals surface area contributed by atoms with Crippen LogP contribution in [0.3, 0.4) is 0 Å².